The molecule has 0 unspecified atom stereocenters. The Balaban J connectivity index is 1.57. The Hall–Kier alpha value is -3.17. The van der Waals surface area contributed by atoms with E-state index in [1.54, 1.807) is 43.3 Å². The molecule has 0 bridgehead atoms. The highest BCUT2D eigenvalue weighted by atomic mass is 32.2. The summed E-state index contributed by atoms with van der Waals surface area (Å²) in [6.45, 7) is 5.81. The SMILES string of the molecule is CCCN(Cc1ccc(C(=O)NCc2ccc(S(=O)(=O)CC)cc2)cc1)Cc1ccc(C(F)(F)F)cc1. The second kappa shape index (κ2) is 12.4. The number of carbonyl (C=O) groups excluding carboxylic acids is 1. The maximum absolute atomic E-state index is 12.8. The number of benzene rings is 3. The van der Waals surface area contributed by atoms with Gasteiger partial charge in [0.1, 0.15) is 0 Å². The number of amides is 1. The van der Waals surface area contributed by atoms with E-state index in [0.717, 1.165) is 41.8 Å². The first kappa shape index (κ1) is 28.4. The maximum atomic E-state index is 12.8. The molecular formula is C28H31F3N2O3S. The molecular weight excluding hydrogens is 501 g/mol. The Labute approximate surface area is 216 Å². The number of sulfone groups is 1. The van der Waals surface area contributed by atoms with E-state index in [4.69, 9.17) is 0 Å². The van der Waals surface area contributed by atoms with Crippen LogP contribution in [0.5, 0.6) is 0 Å². The predicted octanol–water partition coefficient (Wildman–Crippen LogP) is 5.84. The highest BCUT2D eigenvalue weighted by Crippen LogP contribution is 2.29. The molecule has 37 heavy (non-hydrogen) atoms. The third kappa shape index (κ3) is 8.16. The molecule has 198 valence electrons. The second-order valence-electron chi connectivity index (χ2n) is 8.83. The molecule has 0 atom stereocenters. The van der Waals surface area contributed by atoms with Gasteiger partial charge in [-0.2, -0.15) is 13.2 Å². The summed E-state index contributed by atoms with van der Waals surface area (Å²) in [4.78, 5) is 15.0. The van der Waals surface area contributed by atoms with Crippen molar-refractivity contribution in [3.05, 3.63) is 101 Å². The zero-order valence-corrected chi connectivity index (χ0v) is 21.7. The summed E-state index contributed by atoms with van der Waals surface area (Å²) in [6.07, 6.45) is -3.45. The van der Waals surface area contributed by atoms with Crippen LogP contribution in [0.15, 0.2) is 77.7 Å². The fourth-order valence-corrected chi connectivity index (χ4v) is 4.76. The molecule has 0 radical (unpaired) electrons. The summed E-state index contributed by atoms with van der Waals surface area (Å²) in [7, 11) is -3.26. The molecule has 3 aromatic carbocycles. The summed E-state index contributed by atoms with van der Waals surface area (Å²) < 4.78 is 62.3. The Bertz CT molecular complexity index is 1270. The van der Waals surface area contributed by atoms with E-state index in [9.17, 15) is 26.4 Å². The van der Waals surface area contributed by atoms with Crippen LogP contribution in [0.25, 0.3) is 0 Å². The largest absolute Gasteiger partial charge is 0.416 e. The first-order chi connectivity index (χ1) is 17.5. The standard InChI is InChI=1S/C28H31F3N2O3S/c1-3-17-33(20-23-7-13-25(14-8-23)28(29,30)31)19-22-5-11-24(12-6-22)27(34)32-18-21-9-15-26(16-10-21)37(35,36)4-2/h5-16H,3-4,17-20H2,1-2H3,(H,32,34). The van der Waals surface area contributed by atoms with Crippen molar-refractivity contribution in [2.75, 3.05) is 12.3 Å². The molecule has 0 aromatic heterocycles. The van der Waals surface area contributed by atoms with Crippen molar-refractivity contribution in [3.8, 4) is 0 Å². The quantitative estimate of drug-likeness (QED) is 0.337. The third-order valence-corrected chi connectivity index (χ3v) is 7.72. The molecule has 0 heterocycles. The Morgan fingerprint density at radius 3 is 1.81 bits per heavy atom. The van der Waals surface area contributed by atoms with E-state index in [1.807, 2.05) is 19.1 Å². The fourth-order valence-electron chi connectivity index (χ4n) is 3.87. The van der Waals surface area contributed by atoms with Crippen LogP contribution in [0.1, 0.15) is 52.9 Å². The van der Waals surface area contributed by atoms with Crippen LogP contribution in [-0.4, -0.2) is 31.5 Å². The minimum atomic E-state index is -4.35. The van der Waals surface area contributed by atoms with Gasteiger partial charge in [0.05, 0.1) is 16.2 Å². The van der Waals surface area contributed by atoms with Crippen LogP contribution in [0, 0.1) is 0 Å². The average Bonchev–Trinajstić information content (AvgIpc) is 2.88. The number of hydrogen-bond acceptors (Lipinski definition) is 4. The molecule has 0 aliphatic heterocycles. The number of halogens is 3. The van der Waals surface area contributed by atoms with Gasteiger partial charge in [0.15, 0.2) is 9.84 Å². The van der Waals surface area contributed by atoms with E-state index >= 15 is 0 Å². The lowest BCUT2D eigenvalue weighted by Crippen LogP contribution is -2.24. The summed E-state index contributed by atoms with van der Waals surface area (Å²) in [6, 6.07) is 18.9. The van der Waals surface area contributed by atoms with E-state index in [1.165, 1.54) is 12.1 Å². The summed E-state index contributed by atoms with van der Waals surface area (Å²) in [5.74, 6) is -0.211. The van der Waals surface area contributed by atoms with Gasteiger partial charge in [-0.25, -0.2) is 8.42 Å². The van der Waals surface area contributed by atoms with Gasteiger partial charge in [-0.15, -0.1) is 0 Å². The van der Waals surface area contributed by atoms with Gasteiger partial charge in [-0.05, 0) is 66.1 Å². The molecule has 0 aliphatic carbocycles. The second-order valence-corrected chi connectivity index (χ2v) is 11.1. The molecule has 0 saturated carbocycles. The zero-order valence-electron chi connectivity index (χ0n) is 20.9. The van der Waals surface area contributed by atoms with Gasteiger partial charge in [-0.3, -0.25) is 9.69 Å². The van der Waals surface area contributed by atoms with Crippen molar-refractivity contribution in [3.63, 3.8) is 0 Å². The maximum Gasteiger partial charge on any atom is 0.416 e. The van der Waals surface area contributed by atoms with Crippen molar-refractivity contribution >= 4 is 15.7 Å². The molecule has 0 saturated heterocycles. The van der Waals surface area contributed by atoms with Crippen LogP contribution in [0.3, 0.4) is 0 Å². The minimum absolute atomic E-state index is 0.0321. The smallest absolute Gasteiger partial charge is 0.348 e. The monoisotopic (exact) mass is 532 g/mol. The van der Waals surface area contributed by atoms with Crippen LogP contribution >= 0.6 is 0 Å². The molecule has 0 fully saturated rings. The summed E-state index contributed by atoms with van der Waals surface area (Å²) >= 11 is 0. The Morgan fingerprint density at radius 1 is 0.811 bits per heavy atom. The van der Waals surface area contributed by atoms with Gasteiger partial charge < -0.3 is 5.32 Å². The number of hydrogen-bond donors (Lipinski definition) is 1. The fraction of sp³-hybridized carbons (Fsp3) is 0.321. The molecule has 1 N–H and O–H groups in total. The first-order valence-corrected chi connectivity index (χ1v) is 13.7. The van der Waals surface area contributed by atoms with Crippen molar-refractivity contribution in [1.29, 1.82) is 0 Å². The topological polar surface area (TPSA) is 66.5 Å². The minimum Gasteiger partial charge on any atom is -0.348 e. The van der Waals surface area contributed by atoms with E-state index in [-0.39, 0.29) is 23.1 Å². The van der Waals surface area contributed by atoms with Crippen molar-refractivity contribution in [2.24, 2.45) is 0 Å². The third-order valence-electron chi connectivity index (χ3n) is 5.97. The first-order valence-electron chi connectivity index (χ1n) is 12.1. The lowest BCUT2D eigenvalue weighted by atomic mass is 10.1. The lowest BCUT2D eigenvalue weighted by Gasteiger charge is -2.22. The van der Waals surface area contributed by atoms with E-state index < -0.39 is 21.6 Å². The zero-order chi connectivity index (χ0) is 27.1. The van der Waals surface area contributed by atoms with E-state index in [2.05, 4.69) is 10.2 Å². The predicted molar refractivity (Wildman–Crippen MR) is 138 cm³/mol. The number of nitrogens with one attached hydrogen (secondary N) is 1. The highest BCUT2D eigenvalue weighted by molar-refractivity contribution is 7.91. The summed E-state index contributed by atoms with van der Waals surface area (Å²) in [5.41, 5.74) is 2.42. The van der Waals surface area contributed by atoms with Crippen LogP contribution < -0.4 is 5.32 Å². The number of alkyl halides is 3. The van der Waals surface area contributed by atoms with Gasteiger partial charge in [0, 0.05) is 25.2 Å². The van der Waals surface area contributed by atoms with Crippen molar-refractivity contribution < 1.29 is 26.4 Å². The highest BCUT2D eigenvalue weighted by Gasteiger charge is 2.30. The lowest BCUT2D eigenvalue weighted by molar-refractivity contribution is -0.137. The van der Waals surface area contributed by atoms with Crippen LogP contribution in [0.2, 0.25) is 0 Å². The molecule has 3 rings (SSSR count). The van der Waals surface area contributed by atoms with Gasteiger partial charge >= 0.3 is 6.18 Å². The van der Waals surface area contributed by atoms with Crippen molar-refractivity contribution in [2.45, 2.75) is 51.0 Å². The van der Waals surface area contributed by atoms with E-state index in [0.29, 0.717) is 18.7 Å². The average molecular weight is 533 g/mol. The van der Waals surface area contributed by atoms with Crippen LogP contribution in [-0.2, 0) is 35.6 Å². The van der Waals surface area contributed by atoms with Gasteiger partial charge in [-0.1, -0.05) is 50.2 Å². The number of rotatable bonds is 11. The van der Waals surface area contributed by atoms with Gasteiger partial charge in [0.2, 0.25) is 0 Å². The van der Waals surface area contributed by atoms with Crippen LogP contribution in [0.4, 0.5) is 13.2 Å². The number of carbonyl (C=O) groups is 1. The molecule has 9 heteroatoms. The Morgan fingerprint density at radius 2 is 1.32 bits per heavy atom. The molecule has 1 amide bonds. The molecule has 3 aromatic rings. The number of nitrogens with zero attached hydrogens (tertiary/aromatic N) is 1. The summed E-state index contributed by atoms with van der Waals surface area (Å²) in [5, 5.41) is 2.84. The Kier molecular flexibility index (Phi) is 9.50. The normalized spacial score (nSPS) is 12.1. The van der Waals surface area contributed by atoms with Gasteiger partial charge in [0.25, 0.3) is 5.91 Å². The molecule has 0 aliphatic rings. The van der Waals surface area contributed by atoms with Crippen molar-refractivity contribution in [1.82, 2.24) is 10.2 Å². The molecule has 5 nitrogen and oxygen atoms in total. The molecule has 0 spiro atoms.